The van der Waals surface area contributed by atoms with Crippen LogP contribution in [-0.2, 0) is 0 Å². The molecule has 26 heavy (non-hydrogen) atoms. The summed E-state index contributed by atoms with van der Waals surface area (Å²) < 4.78 is 1.10. The van der Waals surface area contributed by atoms with Gasteiger partial charge in [0, 0.05) is 31.6 Å². The molecule has 7 nitrogen and oxygen atoms in total. The molecule has 4 aromatic rings. The number of aromatic nitrogens is 4. The minimum Gasteiger partial charge on any atom is -0.352 e. The number of hydrogen-bond acceptors (Lipinski definition) is 6. The van der Waals surface area contributed by atoms with Gasteiger partial charge in [0.25, 0.3) is 5.91 Å². The maximum atomic E-state index is 12.9. The van der Waals surface area contributed by atoms with Crippen LogP contribution in [0.2, 0.25) is 0 Å². The summed E-state index contributed by atoms with van der Waals surface area (Å²) in [5.41, 5.74) is 2.36. The molecular weight excluding hydrogens is 348 g/mol. The number of benzene rings is 1. The largest absolute Gasteiger partial charge is 0.352 e. The van der Waals surface area contributed by atoms with E-state index in [2.05, 4.69) is 25.1 Å². The minimum atomic E-state index is -0.0222. The summed E-state index contributed by atoms with van der Waals surface area (Å²) in [6, 6.07) is 9.72. The highest BCUT2D eigenvalue weighted by molar-refractivity contribution is 7.17. The summed E-state index contributed by atoms with van der Waals surface area (Å²) in [7, 11) is 0. The van der Waals surface area contributed by atoms with Gasteiger partial charge in [-0.15, -0.1) is 11.3 Å². The van der Waals surface area contributed by atoms with Gasteiger partial charge in [0.2, 0.25) is 0 Å². The van der Waals surface area contributed by atoms with Crippen molar-refractivity contribution in [3.63, 3.8) is 0 Å². The van der Waals surface area contributed by atoms with Crippen molar-refractivity contribution in [3.05, 3.63) is 47.7 Å². The topological polar surface area (TPSA) is 78.0 Å². The van der Waals surface area contributed by atoms with Gasteiger partial charge in [-0.25, -0.2) is 9.97 Å². The standard InChI is InChI=1S/C18H16N6OS/c25-18(15-12-3-1-2-4-13(12)21-22-15)24-8-6-23(7-9-24)17-16-14(5-10-26-16)19-11-20-17/h1-5,10-11H,6-9H2,(H,21,22). The molecule has 5 rings (SSSR count). The zero-order valence-electron chi connectivity index (χ0n) is 13.9. The average molecular weight is 364 g/mol. The number of fused-ring (bicyclic) bond motifs is 2. The minimum absolute atomic E-state index is 0.0222. The number of nitrogens with zero attached hydrogens (tertiary/aromatic N) is 5. The zero-order valence-corrected chi connectivity index (χ0v) is 14.7. The van der Waals surface area contributed by atoms with Crippen molar-refractivity contribution in [2.45, 2.75) is 0 Å². The van der Waals surface area contributed by atoms with Crippen molar-refractivity contribution < 1.29 is 4.79 Å². The van der Waals surface area contributed by atoms with Gasteiger partial charge in [-0.1, -0.05) is 18.2 Å². The van der Waals surface area contributed by atoms with Gasteiger partial charge in [0.05, 0.1) is 15.7 Å². The van der Waals surface area contributed by atoms with Crippen LogP contribution in [0, 0.1) is 0 Å². The van der Waals surface area contributed by atoms with Crippen molar-refractivity contribution in [1.29, 1.82) is 0 Å². The molecule has 4 heterocycles. The molecule has 0 unspecified atom stereocenters. The quantitative estimate of drug-likeness (QED) is 0.591. The van der Waals surface area contributed by atoms with Crippen LogP contribution in [0.25, 0.3) is 21.1 Å². The number of rotatable bonds is 2. The maximum Gasteiger partial charge on any atom is 0.275 e. The lowest BCUT2D eigenvalue weighted by Crippen LogP contribution is -2.49. The second-order valence-corrected chi connectivity index (χ2v) is 7.15. The lowest BCUT2D eigenvalue weighted by Gasteiger charge is -2.35. The van der Waals surface area contributed by atoms with E-state index < -0.39 is 0 Å². The number of piperazine rings is 1. The first-order valence-corrected chi connectivity index (χ1v) is 9.35. The number of anilines is 1. The fourth-order valence-corrected chi connectivity index (χ4v) is 4.26. The molecule has 1 N–H and O–H groups in total. The summed E-state index contributed by atoms with van der Waals surface area (Å²) >= 11 is 1.65. The number of para-hydroxylation sites is 1. The molecule has 1 amide bonds. The summed E-state index contributed by atoms with van der Waals surface area (Å²) in [4.78, 5) is 25.8. The summed E-state index contributed by atoms with van der Waals surface area (Å²) in [6.07, 6.45) is 1.61. The van der Waals surface area contributed by atoms with E-state index in [1.165, 1.54) is 0 Å². The second-order valence-electron chi connectivity index (χ2n) is 6.23. The summed E-state index contributed by atoms with van der Waals surface area (Å²) in [6.45, 7) is 2.80. The molecule has 0 atom stereocenters. The van der Waals surface area contributed by atoms with Gasteiger partial charge in [-0.3, -0.25) is 9.89 Å². The SMILES string of the molecule is O=C(c1n[nH]c2ccccc12)N1CCN(c2ncnc3ccsc23)CC1. The number of H-pyrrole nitrogens is 1. The molecule has 0 radical (unpaired) electrons. The molecular formula is C18H16N6OS. The molecule has 130 valence electrons. The Morgan fingerprint density at radius 1 is 1.08 bits per heavy atom. The van der Waals surface area contributed by atoms with Gasteiger partial charge >= 0.3 is 0 Å². The number of carbonyl (C=O) groups excluding carboxylic acids is 1. The molecule has 0 spiro atoms. The molecule has 1 fully saturated rings. The molecule has 1 aromatic carbocycles. The Morgan fingerprint density at radius 2 is 1.92 bits per heavy atom. The van der Waals surface area contributed by atoms with Gasteiger partial charge in [-0.2, -0.15) is 5.10 Å². The first-order chi connectivity index (χ1) is 12.8. The van der Waals surface area contributed by atoms with Gasteiger partial charge in [0.15, 0.2) is 5.69 Å². The third-order valence-corrected chi connectivity index (χ3v) is 5.66. The second kappa shape index (κ2) is 6.06. The van der Waals surface area contributed by atoms with Crippen LogP contribution in [0.1, 0.15) is 10.5 Å². The lowest BCUT2D eigenvalue weighted by molar-refractivity contribution is 0.0742. The van der Waals surface area contributed by atoms with E-state index in [0.29, 0.717) is 18.8 Å². The van der Waals surface area contributed by atoms with E-state index in [-0.39, 0.29) is 5.91 Å². The van der Waals surface area contributed by atoms with E-state index in [1.54, 1.807) is 17.7 Å². The predicted molar refractivity (Wildman–Crippen MR) is 102 cm³/mol. The Kier molecular flexibility index (Phi) is 3.56. The number of hydrogen-bond donors (Lipinski definition) is 1. The number of aromatic amines is 1. The third-order valence-electron chi connectivity index (χ3n) is 4.76. The molecule has 8 heteroatoms. The highest BCUT2D eigenvalue weighted by Crippen LogP contribution is 2.28. The first kappa shape index (κ1) is 15.3. The van der Waals surface area contributed by atoms with Crippen molar-refractivity contribution in [2.24, 2.45) is 0 Å². The number of thiophene rings is 1. The van der Waals surface area contributed by atoms with E-state index in [9.17, 15) is 4.79 Å². The van der Waals surface area contributed by atoms with E-state index in [0.717, 1.165) is 40.0 Å². The van der Waals surface area contributed by atoms with Crippen LogP contribution in [-0.4, -0.2) is 57.2 Å². The van der Waals surface area contributed by atoms with Gasteiger partial charge in [-0.05, 0) is 17.5 Å². The highest BCUT2D eigenvalue weighted by Gasteiger charge is 2.26. The van der Waals surface area contributed by atoms with Crippen LogP contribution < -0.4 is 4.90 Å². The molecule has 1 aliphatic heterocycles. The van der Waals surface area contributed by atoms with Crippen molar-refractivity contribution in [3.8, 4) is 0 Å². The third kappa shape index (κ3) is 2.41. The lowest BCUT2D eigenvalue weighted by atomic mass is 10.2. The van der Waals surface area contributed by atoms with E-state index >= 15 is 0 Å². The van der Waals surface area contributed by atoms with Crippen LogP contribution in [0.5, 0.6) is 0 Å². The smallest absolute Gasteiger partial charge is 0.275 e. The Morgan fingerprint density at radius 3 is 2.81 bits per heavy atom. The van der Waals surface area contributed by atoms with Crippen molar-refractivity contribution in [2.75, 3.05) is 31.1 Å². The average Bonchev–Trinajstić information content (AvgIpc) is 3.34. The Hall–Kier alpha value is -3.00. The van der Waals surface area contributed by atoms with Crippen molar-refractivity contribution in [1.82, 2.24) is 25.1 Å². The first-order valence-electron chi connectivity index (χ1n) is 8.47. The molecule has 1 aliphatic rings. The predicted octanol–water partition coefficient (Wildman–Crippen LogP) is 2.53. The van der Waals surface area contributed by atoms with Crippen LogP contribution in [0.15, 0.2) is 42.0 Å². The fraction of sp³-hybridized carbons (Fsp3) is 0.222. The normalized spacial score (nSPS) is 15.1. The molecule has 3 aromatic heterocycles. The summed E-state index contributed by atoms with van der Waals surface area (Å²) in [5, 5.41) is 10.1. The Bertz CT molecular complexity index is 1100. The number of amides is 1. The summed E-state index contributed by atoms with van der Waals surface area (Å²) in [5.74, 6) is 0.938. The van der Waals surface area contributed by atoms with Crippen molar-refractivity contribution >= 4 is 44.2 Å². The molecule has 0 saturated carbocycles. The molecule has 0 bridgehead atoms. The number of carbonyl (C=O) groups is 1. The Labute approximate surface area is 153 Å². The molecule has 1 saturated heterocycles. The highest BCUT2D eigenvalue weighted by atomic mass is 32.1. The van der Waals surface area contributed by atoms with Crippen LogP contribution >= 0.6 is 11.3 Å². The van der Waals surface area contributed by atoms with E-state index in [1.807, 2.05) is 40.6 Å². The maximum absolute atomic E-state index is 12.9. The molecule has 0 aliphatic carbocycles. The number of nitrogens with one attached hydrogen (secondary N) is 1. The monoisotopic (exact) mass is 364 g/mol. The Balaban J connectivity index is 1.35. The van der Waals surface area contributed by atoms with Crippen LogP contribution in [0.4, 0.5) is 5.82 Å². The van der Waals surface area contributed by atoms with Crippen LogP contribution in [0.3, 0.4) is 0 Å². The zero-order chi connectivity index (χ0) is 17.5. The van der Waals surface area contributed by atoms with Gasteiger partial charge in [0.1, 0.15) is 12.1 Å². The fourth-order valence-electron chi connectivity index (χ4n) is 3.40. The van der Waals surface area contributed by atoms with E-state index in [4.69, 9.17) is 0 Å². The van der Waals surface area contributed by atoms with Gasteiger partial charge < -0.3 is 9.80 Å².